The third-order valence-electron chi connectivity index (χ3n) is 3.13. The van der Waals surface area contributed by atoms with Gasteiger partial charge in [0.05, 0.1) is 6.10 Å². The van der Waals surface area contributed by atoms with E-state index in [2.05, 4.69) is 25.2 Å². The van der Waals surface area contributed by atoms with Gasteiger partial charge >= 0.3 is 0 Å². The second kappa shape index (κ2) is 8.77. The summed E-state index contributed by atoms with van der Waals surface area (Å²) in [6.45, 7) is 7.69. The first-order valence-electron chi connectivity index (χ1n) is 6.81. The van der Waals surface area contributed by atoms with Crippen molar-refractivity contribution in [3.8, 4) is 0 Å². The van der Waals surface area contributed by atoms with Gasteiger partial charge in [0, 0.05) is 6.61 Å². The highest BCUT2D eigenvalue weighted by Crippen LogP contribution is 2.19. The van der Waals surface area contributed by atoms with Crippen molar-refractivity contribution in [3.63, 3.8) is 0 Å². The summed E-state index contributed by atoms with van der Waals surface area (Å²) < 4.78 is 5.62. The molecule has 0 aromatic rings. The van der Waals surface area contributed by atoms with Crippen molar-refractivity contribution in [2.45, 2.75) is 58.5 Å². The maximum Gasteiger partial charge on any atom is 0.0579 e. The highest BCUT2D eigenvalue weighted by Gasteiger charge is 2.14. The molecule has 1 rings (SSSR count). The van der Waals surface area contributed by atoms with E-state index >= 15 is 0 Å². The summed E-state index contributed by atoms with van der Waals surface area (Å²) in [5.41, 5.74) is 1.52. The first kappa shape index (κ1) is 13.7. The van der Waals surface area contributed by atoms with E-state index in [1.807, 2.05) is 0 Å². The minimum atomic E-state index is 0.543. The lowest BCUT2D eigenvalue weighted by molar-refractivity contribution is 0.104. The average molecular weight is 225 g/mol. The number of rotatable bonds is 8. The van der Waals surface area contributed by atoms with Crippen LogP contribution in [0.3, 0.4) is 0 Å². The second-order valence-electron chi connectivity index (χ2n) is 4.76. The Kier molecular flexibility index (Phi) is 7.52. The molecule has 0 bridgehead atoms. The molecule has 1 N–H and O–H groups in total. The standard InChI is InChI=1S/C14H27NO/c1-3-10-15-11-4-6-13(2)8-9-14-7-5-12-16-14/h6,14-15H,3-5,7-12H2,1-2H3. The molecule has 1 aliphatic heterocycles. The molecule has 1 fully saturated rings. The summed E-state index contributed by atoms with van der Waals surface area (Å²) >= 11 is 0. The van der Waals surface area contributed by atoms with Gasteiger partial charge in [-0.1, -0.05) is 18.6 Å². The van der Waals surface area contributed by atoms with Crippen molar-refractivity contribution >= 4 is 0 Å². The third kappa shape index (κ3) is 6.29. The quantitative estimate of drug-likeness (QED) is 0.505. The zero-order valence-corrected chi connectivity index (χ0v) is 10.9. The maximum atomic E-state index is 5.62. The molecule has 0 aromatic carbocycles. The molecule has 0 amide bonds. The minimum Gasteiger partial charge on any atom is -0.378 e. The van der Waals surface area contributed by atoms with E-state index in [0.29, 0.717) is 6.10 Å². The summed E-state index contributed by atoms with van der Waals surface area (Å²) in [6.07, 6.45) is 10.3. The fraction of sp³-hybridized carbons (Fsp3) is 0.857. The van der Waals surface area contributed by atoms with Gasteiger partial charge in [0.2, 0.25) is 0 Å². The van der Waals surface area contributed by atoms with Crippen LogP contribution in [0.25, 0.3) is 0 Å². The van der Waals surface area contributed by atoms with Crippen LogP contribution in [0.1, 0.15) is 52.4 Å². The first-order chi connectivity index (χ1) is 7.83. The molecule has 1 saturated heterocycles. The van der Waals surface area contributed by atoms with E-state index in [0.717, 1.165) is 26.1 Å². The Morgan fingerprint density at radius 1 is 1.44 bits per heavy atom. The summed E-state index contributed by atoms with van der Waals surface area (Å²) in [7, 11) is 0. The lowest BCUT2D eigenvalue weighted by Crippen LogP contribution is -2.15. The molecule has 1 unspecified atom stereocenters. The topological polar surface area (TPSA) is 21.3 Å². The second-order valence-corrected chi connectivity index (χ2v) is 4.76. The van der Waals surface area contributed by atoms with Crippen LogP contribution in [0.15, 0.2) is 11.6 Å². The molecule has 0 aliphatic carbocycles. The van der Waals surface area contributed by atoms with Gasteiger partial charge in [-0.3, -0.25) is 0 Å². The number of nitrogens with one attached hydrogen (secondary N) is 1. The van der Waals surface area contributed by atoms with Gasteiger partial charge in [0.1, 0.15) is 0 Å². The van der Waals surface area contributed by atoms with E-state index in [1.54, 1.807) is 0 Å². The number of hydrogen-bond acceptors (Lipinski definition) is 2. The zero-order valence-electron chi connectivity index (χ0n) is 10.9. The number of allylic oxidation sites excluding steroid dienone is 1. The lowest BCUT2D eigenvalue weighted by Gasteiger charge is -2.09. The van der Waals surface area contributed by atoms with Crippen molar-refractivity contribution in [2.24, 2.45) is 0 Å². The van der Waals surface area contributed by atoms with Crippen LogP contribution in [-0.2, 0) is 4.74 Å². The normalized spacial score (nSPS) is 21.6. The molecule has 1 atom stereocenters. The molecular weight excluding hydrogens is 198 g/mol. The zero-order chi connectivity index (χ0) is 11.6. The van der Waals surface area contributed by atoms with E-state index < -0.39 is 0 Å². The Labute approximate surface area is 100 Å². The molecule has 1 heterocycles. The van der Waals surface area contributed by atoms with Gasteiger partial charge < -0.3 is 10.1 Å². The van der Waals surface area contributed by atoms with E-state index in [4.69, 9.17) is 4.74 Å². The molecular formula is C14H27NO. The van der Waals surface area contributed by atoms with Gasteiger partial charge in [-0.15, -0.1) is 0 Å². The fourth-order valence-electron chi connectivity index (χ4n) is 2.09. The lowest BCUT2D eigenvalue weighted by atomic mass is 10.1. The Bertz CT molecular complexity index is 195. The highest BCUT2D eigenvalue weighted by molar-refractivity contribution is 4.98. The molecule has 1 aliphatic rings. The van der Waals surface area contributed by atoms with Crippen LogP contribution in [0.5, 0.6) is 0 Å². The predicted octanol–water partition coefficient (Wildman–Crippen LogP) is 3.28. The molecule has 2 nitrogen and oxygen atoms in total. The summed E-state index contributed by atoms with van der Waals surface area (Å²) in [6, 6.07) is 0. The Morgan fingerprint density at radius 3 is 3.00 bits per heavy atom. The minimum absolute atomic E-state index is 0.543. The van der Waals surface area contributed by atoms with E-state index in [-0.39, 0.29) is 0 Å². The summed E-state index contributed by atoms with van der Waals surface area (Å²) in [5.74, 6) is 0. The van der Waals surface area contributed by atoms with Gasteiger partial charge in [-0.2, -0.15) is 0 Å². The van der Waals surface area contributed by atoms with Crippen molar-refractivity contribution in [1.29, 1.82) is 0 Å². The Hall–Kier alpha value is -0.340. The molecule has 0 radical (unpaired) electrons. The summed E-state index contributed by atoms with van der Waals surface area (Å²) in [4.78, 5) is 0. The average Bonchev–Trinajstić information content (AvgIpc) is 2.79. The van der Waals surface area contributed by atoms with Gasteiger partial charge in [-0.25, -0.2) is 0 Å². The van der Waals surface area contributed by atoms with Crippen molar-refractivity contribution in [2.75, 3.05) is 19.7 Å². The van der Waals surface area contributed by atoms with Gasteiger partial charge in [0.15, 0.2) is 0 Å². The molecule has 0 spiro atoms. The van der Waals surface area contributed by atoms with Crippen LogP contribution in [0, 0.1) is 0 Å². The third-order valence-corrected chi connectivity index (χ3v) is 3.13. The predicted molar refractivity (Wildman–Crippen MR) is 69.7 cm³/mol. The van der Waals surface area contributed by atoms with Crippen molar-refractivity contribution in [3.05, 3.63) is 11.6 Å². The van der Waals surface area contributed by atoms with Crippen LogP contribution >= 0.6 is 0 Å². The number of ether oxygens (including phenoxy) is 1. The van der Waals surface area contributed by atoms with Gasteiger partial charge in [0.25, 0.3) is 0 Å². The Balaban J connectivity index is 1.99. The summed E-state index contributed by atoms with van der Waals surface area (Å²) in [5, 5.41) is 3.42. The first-order valence-corrected chi connectivity index (χ1v) is 6.81. The van der Waals surface area contributed by atoms with Crippen molar-refractivity contribution in [1.82, 2.24) is 5.32 Å². The molecule has 0 aromatic heterocycles. The molecule has 16 heavy (non-hydrogen) atoms. The Morgan fingerprint density at radius 2 is 2.31 bits per heavy atom. The SMILES string of the molecule is CCCNCCC=C(C)CCC1CCCO1. The van der Waals surface area contributed by atoms with Gasteiger partial charge in [-0.05, 0) is 58.5 Å². The van der Waals surface area contributed by atoms with Crippen LogP contribution in [-0.4, -0.2) is 25.8 Å². The van der Waals surface area contributed by atoms with Crippen LogP contribution in [0.2, 0.25) is 0 Å². The fourth-order valence-corrected chi connectivity index (χ4v) is 2.09. The van der Waals surface area contributed by atoms with E-state index in [1.165, 1.54) is 37.7 Å². The largest absolute Gasteiger partial charge is 0.378 e. The smallest absolute Gasteiger partial charge is 0.0579 e. The maximum absolute atomic E-state index is 5.62. The monoisotopic (exact) mass is 225 g/mol. The van der Waals surface area contributed by atoms with Crippen LogP contribution in [0.4, 0.5) is 0 Å². The molecule has 94 valence electrons. The highest BCUT2D eigenvalue weighted by atomic mass is 16.5. The number of hydrogen-bond donors (Lipinski definition) is 1. The van der Waals surface area contributed by atoms with Crippen molar-refractivity contribution < 1.29 is 4.74 Å². The molecule has 2 heteroatoms. The molecule has 0 saturated carbocycles. The van der Waals surface area contributed by atoms with Crippen LogP contribution < -0.4 is 5.32 Å². The van der Waals surface area contributed by atoms with E-state index in [9.17, 15) is 0 Å².